The van der Waals surface area contributed by atoms with Gasteiger partial charge in [0.25, 0.3) is 0 Å². The van der Waals surface area contributed by atoms with Gasteiger partial charge in [-0.1, -0.05) is 73.1 Å². The van der Waals surface area contributed by atoms with E-state index in [0.29, 0.717) is 176 Å². The van der Waals surface area contributed by atoms with E-state index >= 15 is 0 Å². The highest BCUT2D eigenvalue weighted by Gasteiger charge is 2.51. The van der Waals surface area contributed by atoms with E-state index in [1.165, 1.54) is 66.1 Å². The molecule has 0 saturated carbocycles. The Kier molecular flexibility index (Phi) is 27.8. The lowest BCUT2D eigenvalue weighted by atomic mass is 9.96. The largest absolute Gasteiger partial charge is 0.460 e. The van der Waals surface area contributed by atoms with E-state index in [9.17, 15) is 40.7 Å². The number of carbonyl (C=O) groups is 3. The number of anilines is 3. The summed E-state index contributed by atoms with van der Waals surface area (Å²) in [7, 11) is 4.94. The number of aromatic amines is 3. The van der Waals surface area contributed by atoms with Crippen LogP contribution in [0.25, 0.3) is 65.4 Å². The smallest absolute Gasteiger partial charge is 0.396 e. The lowest BCUT2D eigenvalue weighted by molar-refractivity contribution is -0.186. The number of piperidine rings is 1. The molecule has 35 nitrogen and oxygen atoms in total. The average Bonchev–Trinajstić information content (AvgIpc) is 1.19. The van der Waals surface area contributed by atoms with E-state index in [1.54, 1.807) is 60.4 Å². The minimum absolute atomic E-state index is 0.00362. The first kappa shape index (κ1) is 93.2. The number of aromatic nitrogens is 15. The second-order valence-electron chi connectivity index (χ2n) is 33.3. The Morgan fingerprint density at radius 1 is 0.492 bits per heavy atom. The van der Waals surface area contributed by atoms with Crippen LogP contribution in [0.4, 0.5) is 43.8 Å². The zero-order chi connectivity index (χ0) is 93.3. The SMILES string of the molecule is C=CC(=O)N1CCN(c2nc(OC3CCN(CCOC)C[C@H]3C)nc3c(Oc4c(Cl)c(F)cc5[nH]ncc45)nc(Cl)cc23)CC1.C=CC(=O)N1CCN(c2nc(OC3CN(C)C[C@H]3C(F)(F)F)nc3c(Oc4c(Cl)c(F)cc5[nH]ncc45)nccc23)CC1.C=CC(=O)N1CCN(c2nc(O[C@@H]3CN(C(C)(C)C)C[C@H]3OC)nc3c(Oc4c(Cl)c(F)cc5[nH]ncc45)nccc23)CC1. The summed E-state index contributed by atoms with van der Waals surface area (Å²) in [5.74, 6) is -2.60. The molecule has 6 aliphatic rings. The number of likely N-dealkylation sites (N-methyl/N-ethyl adjacent to an activating group) is 1. The normalized spacial score (nSPS) is 19.6. The van der Waals surface area contributed by atoms with Crippen molar-refractivity contribution >= 4 is 147 Å². The molecule has 3 N–H and O–H groups in total. The maximum Gasteiger partial charge on any atom is 0.396 e. The maximum atomic E-state index is 14.8. The Hall–Kier alpha value is -12.1. The number of benzene rings is 3. The van der Waals surface area contributed by atoms with Gasteiger partial charge in [-0.15, -0.1) is 0 Å². The van der Waals surface area contributed by atoms with Gasteiger partial charge in [-0.05, 0) is 70.7 Å². The van der Waals surface area contributed by atoms with Crippen molar-refractivity contribution in [3.8, 4) is 52.9 Å². The zero-order valence-electron chi connectivity index (χ0n) is 72.7. The molecule has 132 heavy (non-hydrogen) atoms. The van der Waals surface area contributed by atoms with Crippen molar-refractivity contribution in [1.82, 2.24) is 105 Å². The van der Waals surface area contributed by atoms with Crippen LogP contribution in [0.2, 0.25) is 20.2 Å². The molecule has 6 saturated heterocycles. The molecule has 3 amide bonds. The minimum atomic E-state index is -4.50. The Morgan fingerprint density at radius 2 is 0.894 bits per heavy atom. The molecule has 6 fully saturated rings. The van der Waals surface area contributed by atoms with E-state index in [4.69, 9.17) is 104 Å². The molecule has 0 radical (unpaired) electrons. The molecule has 0 spiro atoms. The number of ether oxygens (including phenoxy) is 8. The number of pyridine rings is 3. The molecule has 18 rings (SSSR count). The second kappa shape index (κ2) is 39.4. The Morgan fingerprint density at radius 3 is 1.30 bits per heavy atom. The first-order valence-corrected chi connectivity index (χ1v) is 43.8. The molecule has 0 bridgehead atoms. The van der Waals surface area contributed by atoms with Crippen LogP contribution in [0.15, 0.2) is 105 Å². The maximum absolute atomic E-state index is 14.8. The van der Waals surface area contributed by atoms with Gasteiger partial charge in [0.2, 0.25) is 35.4 Å². The second-order valence-corrected chi connectivity index (χ2v) is 34.8. The number of nitrogens with one attached hydrogen (secondary N) is 3. The van der Waals surface area contributed by atoms with Gasteiger partial charge in [0.15, 0.2) is 17.2 Å². The first-order chi connectivity index (χ1) is 63.3. The number of alkyl halides is 3. The van der Waals surface area contributed by atoms with Gasteiger partial charge >= 0.3 is 24.2 Å². The van der Waals surface area contributed by atoms with E-state index < -0.39 is 35.6 Å². The number of halogens is 10. The van der Waals surface area contributed by atoms with Crippen LogP contribution < -0.4 is 43.1 Å². The number of piperazine rings is 3. The number of likely N-dealkylation sites (tertiary alicyclic amines) is 3. The first-order valence-electron chi connectivity index (χ1n) is 42.3. The summed E-state index contributed by atoms with van der Waals surface area (Å²) in [5, 5.41) is 22.4. The number of methoxy groups -OCH3 is 2. The van der Waals surface area contributed by atoms with Crippen LogP contribution in [-0.4, -0.2) is 311 Å². The Bertz CT molecular complexity index is 6350. The van der Waals surface area contributed by atoms with Crippen LogP contribution >= 0.6 is 46.4 Å². The van der Waals surface area contributed by atoms with Gasteiger partial charge in [-0.3, -0.25) is 34.6 Å². The molecule has 6 atom stereocenters. The van der Waals surface area contributed by atoms with Crippen molar-refractivity contribution in [2.75, 3.05) is 167 Å². The molecule has 15 heterocycles. The number of H-pyrrole nitrogens is 3. The number of nitrogens with zero attached hydrogens (tertiary/aromatic N) is 21. The van der Waals surface area contributed by atoms with Gasteiger partial charge in [0, 0.05) is 181 Å². The van der Waals surface area contributed by atoms with Crippen molar-refractivity contribution in [2.24, 2.45) is 11.8 Å². The van der Waals surface area contributed by atoms with Crippen LogP contribution in [0, 0.1) is 29.3 Å². The number of rotatable bonds is 22. The predicted molar refractivity (Wildman–Crippen MR) is 482 cm³/mol. The molecule has 2 unspecified atom stereocenters. The zero-order valence-corrected chi connectivity index (χ0v) is 75.7. The highest BCUT2D eigenvalue weighted by Crippen LogP contribution is 2.47. The third-order valence-electron chi connectivity index (χ3n) is 23.9. The summed E-state index contributed by atoms with van der Waals surface area (Å²) in [6.45, 7) is 29.1. The molecular formula is C87H92Cl4F6N24O11. The van der Waals surface area contributed by atoms with Crippen molar-refractivity contribution in [3.63, 3.8) is 0 Å². The molecule has 6 aliphatic heterocycles. The van der Waals surface area contributed by atoms with Crippen LogP contribution in [-0.2, 0) is 23.9 Å². The molecule has 9 aromatic heterocycles. The van der Waals surface area contributed by atoms with Crippen LogP contribution in [0.5, 0.6) is 52.9 Å². The minimum Gasteiger partial charge on any atom is -0.460 e. The number of amides is 3. The summed E-state index contributed by atoms with van der Waals surface area (Å²) < 4.78 is 134. The number of carbonyl (C=O) groups excluding carboxylic acids is 3. The summed E-state index contributed by atoms with van der Waals surface area (Å²) in [6, 6.07) is 8.71. The lowest BCUT2D eigenvalue weighted by Gasteiger charge is -2.37. The fourth-order valence-corrected chi connectivity index (χ4v) is 17.5. The fraction of sp³-hybridized carbons (Fsp3) is 0.414. The topological polar surface area (TPSA) is 356 Å². The number of hydrogen-bond donors (Lipinski definition) is 3. The lowest BCUT2D eigenvalue weighted by Crippen LogP contribution is -2.48. The summed E-state index contributed by atoms with van der Waals surface area (Å²) in [6.07, 6.45) is 5.63. The van der Waals surface area contributed by atoms with Crippen molar-refractivity contribution in [2.45, 2.75) is 70.2 Å². The van der Waals surface area contributed by atoms with E-state index in [1.807, 2.05) is 9.80 Å². The fourth-order valence-electron chi connectivity index (χ4n) is 16.8. The van der Waals surface area contributed by atoms with Crippen LogP contribution in [0.3, 0.4) is 0 Å². The third kappa shape index (κ3) is 19.9. The standard InChI is InChI=1S/C30H33Cl2FN8O4.C30H34ClFN8O4.C27H25ClF4N8O3/c1-4-24(42)40-7-9-41(10-8-40)28-18-13-23(31)35-29(45-27-19-15-34-38-21(19)14-20(33)25(27)32)26(18)36-30(37-28)44-22-5-6-39(11-12-43-3)16-17(22)2;1-6-23(41)38-9-11-39(12-10-38)27-17-7-8-33-28(44-26-18-14-34-37-20(18)13-19(32)24(26)31)25(17)35-29(36-27)43-22-16-40(30(2,3)4)15-21(22)42-5;1-3-20(41)39-6-8-40(9-7-39)24-14-4-5-33-25(43-23-15-11-34-37-18(15)10-17(29)21(23)28)22(14)35-26(36-24)42-19-13-38(2)12-16(19)27(30,31)32/h4,13-15,17,22H,1,5-12,16H2,2-3H3,(H,34,38);6-8,13-14,21-22H,1,9-12,15-16H2,2-5H3,(H,34,37);3-5,10-11,16,19H,1,6-9,12-13H2,2H3,(H,34,37)/t17-,22?;21-,22-;16-,19?/m111/s1. The summed E-state index contributed by atoms with van der Waals surface area (Å²) in [5.41, 5.74) is 1.84. The number of hydrogen-bond acceptors (Lipinski definition) is 29. The molecule has 0 aliphatic carbocycles. The van der Waals surface area contributed by atoms with Crippen molar-refractivity contribution < 1.29 is 78.6 Å². The molecule has 696 valence electrons. The highest BCUT2D eigenvalue weighted by molar-refractivity contribution is 6.34. The van der Waals surface area contributed by atoms with E-state index in [2.05, 4.69) is 118 Å². The quantitative estimate of drug-likeness (QED) is 0.0322. The average molecular weight is 1910 g/mol. The van der Waals surface area contributed by atoms with Gasteiger partial charge in [-0.2, -0.15) is 63.4 Å². The third-order valence-corrected chi connectivity index (χ3v) is 25.1. The van der Waals surface area contributed by atoms with Gasteiger partial charge in [0.05, 0.1) is 74.1 Å². The van der Waals surface area contributed by atoms with Crippen molar-refractivity contribution in [3.05, 3.63) is 143 Å². The highest BCUT2D eigenvalue weighted by atomic mass is 35.5. The van der Waals surface area contributed by atoms with E-state index in [-0.39, 0.29) is 139 Å². The molecule has 45 heteroatoms. The molecule has 12 aromatic rings. The van der Waals surface area contributed by atoms with Crippen LogP contribution in [0.1, 0.15) is 34.1 Å². The van der Waals surface area contributed by atoms with Gasteiger partial charge in [0.1, 0.15) is 102 Å². The Labute approximate surface area is 771 Å². The summed E-state index contributed by atoms with van der Waals surface area (Å²) in [4.78, 5) is 95.3. The Balaban J connectivity index is 0.000000144. The predicted octanol–water partition coefficient (Wildman–Crippen LogP) is 13.1. The summed E-state index contributed by atoms with van der Waals surface area (Å²) >= 11 is 25.5. The van der Waals surface area contributed by atoms with Crippen molar-refractivity contribution in [1.29, 1.82) is 0 Å². The van der Waals surface area contributed by atoms with E-state index in [0.717, 1.165) is 26.1 Å². The number of fused-ring (bicyclic) bond motifs is 6. The molecule has 3 aromatic carbocycles. The van der Waals surface area contributed by atoms with Gasteiger partial charge in [-0.25, -0.2) is 23.1 Å². The monoisotopic (exact) mass is 1900 g/mol. The molecular weight excluding hydrogens is 1810 g/mol. The van der Waals surface area contributed by atoms with Gasteiger partial charge < -0.3 is 77.1 Å².